The molecule has 22 heavy (non-hydrogen) atoms. The van der Waals surface area contributed by atoms with E-state index < -0.39 is 18.7 Å². The SMILES string of the molecule is O=C(NC[C@H]1CCCO1)c1cnc(OCC(F)(F)F)c(Cl)c1. The molecule has 1 atom stereocenters. The van der Waals surface area contributed by atoms with Crippen molar-refractivity contribution in [2.24, 2.45) is 0 Å². The molecule has 0 radical (unpaired) electrons. The van der Waals surface area contributed by atoms with Gasteiger partial charge in [0.05, 0.1) is 11.7 Å². The average molecular weight is 339 g/mol. The summed E-state index contributed by atoms with van der Waals surface area (Å²) in [5.41, 5.74) is 0.141. The lowest BCUT2D eigenvalue weighted by molar-refractivity contribution is -0.154. The zero-order valence-electron chi connectivity index (χ0n) is 11.5. The van der Waals surface area contributed by atoms with Crippen molar-refractivity contribution in [2.45, 2.75) is 25.1 Å². The molecule has 1 amide bonds. The van der Waals surface area contributed by atoms with Gasteiger partial charge in [-0.15, -0.1) is 0 Å². The number of alkyl halides is 3. The second kappa shape index (κ2) is 7.15. The monoisotopic (exact) mass is 338 g/mol. The van der Waals surface area contributed by atoms with E-state index in [1.54, 1.807) is 0 Å². The van der Waals surface area contributed by atoms with Crippen LogP contribution in [0.1, 0.15) is 23.2 Å². The molecule has 1 aromatic rings. The van der Waals surface area contributed by atoms with Crippen LogP contribution in [-0.4, -0.2) is 42.9 Å². The standard InChI is InChI=1S/C13H14ClF3N2O3/c14-10-4-8(5-19-12(10)22-7-13(15,16)17)11(20)18-6-9-2-1-3-21-9/h4-5,9H,1-3,6-7H2,(H,18,20)/t9-/m1/s1. The Labute approximate surface area is 129 Å². The number of hydrogen-bond donors (Lipinski definition) is 1. The molecule has 0 aromatic carbocycles. The summed E-state index contributed by atoms with van der Waals surface area (Å²) in [5.74, 6) is -0.790. The first kappa shape index (κ1) is 16.8. The normalized spacial score (nSPS) is 18.3. The fourth-order valence-corrected chi connectivity index (χ4v) is 2.14. The van der Waals surface area contributed by atoms with Gasteiger partial charge in [-0.05, 0) is 18.9 Å². The van der Waals surface area contributed by atoms with Gasteiger partial charge in [-0.3, -0.25) is 4.79 Å². The Hall–Kier alpha value is -1.54. The number of carbonyl (C=O) groups excluding carboxylic acids is 1. The van der Waals surface area contributed by atoms with E-state index in [2.05, 4.69) is 15.0 Å². The molecular weight excluding hydrogens is 325 g/mol. The van der Waals surface area contributed by atoms with Gasteiger partial charge in [-0.25, -0.2) is 4.98 Å². The molecular formula is C13H14ClF3N2O3. The van der Waals surface area contributed by atoms with Gasteiger partial charge in [0.1, 0.15) is 5.02 Å². The van der Waals surface area contributed by atoms with Gasteiger partial charge in [0.15, 0.2) is 6.61 Å². The summed E-state index contributed by atoms with van der Waals surface area (Å²) in [5, 5.41) is 2.50. The Bertz CT molecular complexity index is 534. The predicted molar refractivity (Wildman–Crippen MR) is 72.1 cm³/mol. The highest BCUT2D eigenvalue weighted by Gasteiger charge is 2.29. The Kier molecular flexibility index (Phi) is 5.47. The molecule has 1 saturated heterocycles. The van der Waals surface area contributed by atoms with Crippen LogP contribution < -0.4 is 10.1 Å². The number of ether oxygens (including phenoxy) is 2. The molecule has 122 valence electrons. The number of carbonyl (C=O) groups is 1. The van der Waals surface area contributed by atoms with Crippen LogP contribution in [0.2, 0.25) is 5.02 Å². The first-order valence-electron chi connectivity index (χ1n) is 6.60. The predicted octanol–water partition coefficient (Wildman–Crippen LogP) is 2.58. The first-order valence-corrected chi connectivity index (χ1v) is 6.98. The average Bonchev–Trinajstić information content (AvgIpc) is 2.95. The van der Waals surface area contributed by atoms with E-state index in [1.807, 2.05) is 0 Å². The van der Waals surface area contributed by atoms with E-state index in [4.69, 9.17) is 16.3 Å². The third kappa shape index (κ3) is 5.03. The largest absolute Gasteiger partial charge is 0.467 e. The van der Waals surface area contributed by atoms with Crippen molar-refractivity contribution in [3.63, 3.8) is 0 Å². The zero-order valence-corrected chi connectivity index (χ0v) is 12.2. The maximum absolute atomic E-state index is 12.1. The number of amides is 1. The van der Waals surface area contributed by atoms with Crippen molar-refractivity contribution in [1.29, 1.82) is 0 Å². The van der Waals surface area contributed by atoms with E-state index in [0.29, 0.717) is 13.2 Å². The highest BCUT2D eigenvalue weighted by atomic mass is 35.5. The number of halogens is 4. The van der Waals surface area contributed by atoms with Gasteiger partial charge in [-0.2, -0.15) is 13.2 Å². The number of nitrogens with one attached hydrogen (secondary N) is 1. The summed E-state index contributed by atoms with van der Waals surface area (Å²) in [7, 11) is 0. The van der Waals surface area contributed by atoms with Crippen LogP contribution in [0.25, 0.3) is 0 Å². The van der Waals surface area contributed by atoms with Crippen LogP contribution in [0.3, 0.4) is 0 Å². The molecule has 1 aromatic heterocycles. The summed E-state index contributed by atoms with van der Waals surface area (Å²) in [6.45, 7) is -0.452. The van der Waals surface area contributed by atoms with Crippen LogP contribution in [0.5, 0.6) is 5.88 Å². The summed E-state index contributed by atoms with van der Waals surface area (Å²) in [6, 6.07) is 1.21. The Balaban J connectivity index is 1.91. The molecule has 1 fully saturated rings. The van der Waals surface area contributed by atoms with Crippen molar-refractivity contribution in [1.82, 2.24) is 10.3 Å². The van der Waals surface area contributed by atoms with Crippen LogP contribution in [0, 0.1) is 0 Å². The first-order chi connectivity index (χ1) is 10.3. The molecule has 1 N–H and O–H groups in total. The Morgan fingerprint density at radius 2 is 2.32 bits per heavy atom. The zero-order chi connectivity index (χ0) is 16.2. The van der Waals surface area contributed by atoms with Crippen molar-refractivity contribution >= 4 is 17.5 Å². The third-order valence-corrected chi connectivity index (χ3v) is 3.23. The van der Waals surface area contributed by atoms with Crippen molar-refractivity contribution < 1.29 is 27.4 Å². The lowest BCUT2D eigenvalue weighted by atomic mass is 10.2. The lowest BCUT2D eigenvalue weighted by Gasteiger charge is -2.12. The van der Waals surface area contributed by atoms with Crippen LogP contribution in [0.15, 0.2) is 12.3 Å². The van der Waals surface area contributed by atoms with Crippen molar-refractivity contribution in [3.8, 4) is 5.88 Å². The molecule has 0 spiro atoms. The lowest BCUT2D eigenvalue weighted by Crippen LogP contribution is -2.31. The molecule has 2 heterocycles. The Morgan fingerprint density at radius 3 is 2.91 bits per heavy atom. The van der Waals surface area contributed by atoms with Gasteiger partial charge in [0.25, 0.3) is 5.91 Å². The highest BCUT2D eigenvalue weighted by molar-refractivity contribution is 6.32. The fraction of sp³-hybridized carbons (Fsp3) is 0.538. The Morgan fingerprint density at radius 1 is 1.55 bits per heavy atom. The third-order valence-electron chi connectivity index (χ3n) is 2.96. The molecule has 0 saturated carbocycles. The molecule has 5 nitrogen and oxygen atoms in total. The maximum Gasteiger partial charge on any atom is 0.422 e. The van der Waals surface area contributed by atoms with E-state index in [9.17, 15) is 18.0 Å². The number of hydrogen-bond acceptors (Lipinski definition) is 4. The maximum atomic E-state index is 12.1. The number of rotatable bonds is 5. The van der Waals surface area contributed by atoms with Crippen LogP contribution in [-0.2, 0) is 4.74 Å². The molecule has 1 aliphatic rings. The minimum Gasteiger partial charge on any atom is -0.467 e. The highest BCUT2D eigenvalue weighted by Crippen LogP contribution is 2.25. The molecule has 0 aliphatic carbocycles. The van der Waals surface area contributed by atoms with Gasteiger partial charge >= 0.3 is 6.18 Å². The van der Waals surface area contributed by atoms with Crippen molar-refractivity contribution in [3.05, 3.63) is 22.8 Å². The topological polar surface area (TPSA) is 60.5 Å². The molecule has 2 rings (SSSR count). The summed E-state index contributed by atoms with van der Waals surface area (Å²) >= 11 is 5.77. The second-order valence-electron chi connectivity index (χ2n) is 4.76. The number of aromatic nitrogens is 1. The smallest absolute Gasteiger partial charge is 0.422 e. The van der Waals surface area contributed by atoms with Crippen molar-refractivity contribution in [2.75, 3.05) is 19.8 Å². The van der Waals surface area contributed by atoms with E-state index >= 15 is 0 Å². The van der Waals surface area contributed by atoms with E-state index in [-0.39, 0.29) is 22.6 Å². The summed E-state index contributed by atoms with van der Waals surface area (Å²) in [6.07, 6.45) is -1.55. The van der Waals surface area contributed by atoms with Gasteiger partial charge in [-0.1, -0.05) is 11.6 Å². The van der Waals surface area contributed by atoms with Gasteiger partial charge in [0.2, 0.25) is 5.88 Å². The van der Waals surface area contributed by atoms with Gasteiger partial charge in [0, 0.05) is 19.3 Å². The minimum atomic E-state index is -4.48. The second-order valence-corrected chi connectivity index (χ2v) is 5.17. The summed E-state index contributed by atoms with van der Waals surface area (Å²) in [4.78, 5) is 15.5. The van der Waals surface area contributed by atoms with E-state index in [0.717, 1.165) is 19.0 Å². The van der Waals surface area contributed by atoms with Gasteiger partial charge < -0.3 is 14.8 Å². The minimum absolute atomic E-state index is 0.0122. The number of nitrogens with zero attached hydrogens (tertiary/aromatic N) is 1. The molecule has 0 bridgehead atoms. The molecule has 0 unspecified atom stereocenters. The molecule has 9 heteroatoms. The van der Waals surface area contributed by atoms with Crippen LogP contribution in [0.4, 0.5) is 13.2 Å². The summed E-state index contributed by atoms with van der Waals surface area (Å²) < 4.78 is 46.0. The number of pyridine rings is 1. The van der Waals surface area contributed by atoms with Crippen LogP contribution >= 0.6 is 11.6 Å². The molecule has 1 aliphatic heterocycles. The fourth-order valence-electron chi connectivity index (χ4n) is 1.92. The quantitative estimate of drug-likeness (QED) is 0.896. The van der Waals surface area contributed by atoms with E-state index in [1.165, 1.54) is 6.07 Å².